The van der Waals surface area contributed by atoms with Crippen LogP contribution in [0.4, 0.5) is 0 Å². The first-order valence-electron chi connectivity index (χ1n) is 5.36. The zero-order chi connectivity index (χ0) is 13.4. The zero-order valence-corrected chi connectivity index (χ0v) is 9.87. The van der Waals surface area contributed by atoms with Crippen molar-refractivity contribution in [3.05, 3.63) is 23.9 Å². The van der Waals surface area contributed by atoms with E-state index in [1.54, 1.807) is 12.1 Å². The van der Waals surface area contributed by atoms with Gasteiger partial charge < -0.3 is 23.8 Å². The summed E-state index contributed by atoms with van der Waals surface area (Å²) in [6, 6.07) is 3.22. The van der Waals surface area contributed by atoms with Crippen molar-refractivity contribution in [2.45, 2.75) is 0 Å². The van der Waals surface area contributed by atoms with Crippen molar-refractivity contribution in [3.63, 3.8) is 0 Å². The third-order valence-electron chi connectivity index (χ3n) is 2.74. The molecule has 0 spiro atoms. The third-order valence-corrected chi connectivity index (χ3v) is 2.74. The van der Waals surface area contributed by atoms with Crippen molar-refractivity contribution in [3.8, 4) is 28.6 Å². The van der Waals surface area contributed by atoms with Crippen LogP contribution in [0.5, 0.6) is 17.2 Å². The number of methoxy groups -OCH3 is 1. The van der Waals surface area contributed by atoms with Crippen LogP contribution in [0, 0.1) is 0 Å². The number of carboxylic acids is 1. The maximum atomic E-state index is 11.1. The summed E-state index contributed by atoms with van der Waals surface area (Å²) < 4.78 is 20.7. The number of hydrogen-bond donors (Lipinski definition) is 1. The maximum Gasteiger partial charge on any atom is 0.341 e. The topological polar surface area (TPSA) is 91.0 Å². The molecule has 2 aromatic rings. The van der Waals surface area contributed by atoms with Crippen molar-refractivity contribution in [2.75, 3.05) is 13.9 Å². The summed E-state index contributed by atoms with van der Waals surface area (Å²) in [4.78, 5) is 11.1. The molecule has 1 aromatic heterocycles. The van der Waals surface area contributed by atoms with Crippen LogP contribution in [0.2, 0.25) is 0 Å². The van der Waals surface area contributed by atoms with Gasteiger partial charge in [0.1, 0.15) is 11.3 Å². The number of carboxylic acid groups (broad SMARTS) is 1. The Morgan fingerprint density at radius 2 is 2.11 bits per heavy atom. The lowest BCUT2D eigenvalue weighted by atomic mass is 10.1. The van der Waals surface area contributed by atoms with E-state index < -0.39 is 5.97 Å². The summed E-state index contributed by atoms with van der Waals surface area (Å²) in [6.45, 7) is 0.115. The third kappa shape index (κ3) is 1.75. The van der Waals surface area contributed by atoms with Crippen LogP contribution in [0.3, 0.4) is 0 Å². The van der Waals surface area contributed by atoms with Gasteiger partial charge in [0, 0.05) is 6.07 Å². The first-order valence-corrected chi connectivity index (χ1v) is 5.36. The normalized spacial score (nSPS) is 12.5. The summed E-state index contributed by atoms with van der Waals surface area (Å²) in [5.41, 5.74) is 0.402. The van der Waals surface area contributed by atoms with Gasteiger partial charge in [-0.3, -0.25) is 0 Å². The highest BCUT2D eigenvalue weighted by atomic mass is 16.7. The molecule has 0 atom stereocenters. The van der Waals surface area contributed by atoms with Crippen molar-refractivity contribution in [1.29, 1.82) is 0 Å². The Kier molecular flexibility index (Phi) is 2.52. The van der Waals surface area contributed by atoms with Gasteiger partial charge in [-0.1, -0.05) is 5.16 Å². The van der Waals surface area contributed by atoms with Crippen LogP contribution < -0.4 is 14.2 Å². The molecule has 0 radical (unpaired) electrons. The molecule has 2 heterocycles. The number of carbonyl (C=O) groups is 1. The fourth-order valence-corrected chi connectivity index (χ4v) is 1.86. The molecule has 0 amide bonds. The minimum atomic E-state index is -1.13. The predicted octanol–water partition coefficient (Wildman–Crippen LogP) is 1.78. The Morgan fingerprint density at radius 3 is 2.79 bits per heavy atom. The highest BCUT2D eigenvalue weighted by Gasteiger charge is 2.24. The largest absolute Gasteiger partial charge is 0.496 e. The van der Waals surface area contributed by atoms with E-state index in [0.29, 0.717) is 22.8 Å². The SMILES string of the molecule is COc1cc2c(cc1-c1oncc1C(=O)O)OCO2. The number of aromatic carboxylic acids is 1. The van der Waals surface area contributed by atoms with Crippen LogP contribution in [0.25, 0.3) is 11.3 Å². The number of hydrogen-bond acceptors (Lipinski definition) is 6. The van der Waals surface area contributed by atoms with Gasteiger partial charge in [-0.25, -0.2) is 4.79 Å². The van der Waals surface area contributed by atoms with E-state index in [0.717, 1.165) is 6.20 Å². The van der Waals surface area contributed by atoms with E-state index in [2.05, 4.69) is 5.16 Å². The second kappa shape index (κ2) is 4.20. The molecule has 1 aliphatic heterocycles. The molecular formula is C12H9NO6. The van der Waals surface area contributed by atoms with Crippen molar-refractivity contribution >= 4 is 5.97 Å². The van der Waals surface area contributed by atoms with E-state index in [1.807, 2.05) is 0 Å². The van der Waals surface area contributed by atoms with Gasteiger partial charge in [0.2, 0.25) is 6.79 Å². The highest BCUT2D eigenvalue weighted by molar-refractivity contribution is 5.95. The van der Waals surface area contributed by atoms with Crippen molar-refractivity contribution in [1.82, 2.24) is 5.16 Å². The molecule has 1 aromatic carbocycles. The average molecular weight is 263 g/mol. The molecule has 7 nitrogen and oxygen atoms in total. The van der Waals surface area contributed by atoms with E-state index in [9.17, 15) is 4.79 Å². The van der Waals surface area contributed by atoms with E-state index in [-0.39, 0.29) is 18.1 Å². The second-order valence-electron chi connectivity index (χ2n) is 3.78. The van der Waals surface area contributed by atoms with Gasteiger partial charge in [-0.15, -0.1) is 0 Å². The number of aromatic nitrogens is 1. The van der Waals surface area contributed by atoms with Crippen molar-refractivity contribution in [2.24, 2.45) is 0 Å². The number of nitrogens with zero attached hydrogens (tertiary/aromatic N) is 1. The Balaban J connectivity index is 2.19. The van der Waals surface area contributed by atoms with Gasteiger partial charge >= 0.3 is 5.97 Å². The molecule has 7 heteroatoms. The smallest absolute Gasteiger partial charge is 0.341 e. The Morgan fingerprint density at radius 1 is 1.37 bits per heavy atom. The van der Waals surface area contributed by atoms with E-state index in [1.165, 1.54) is 7.11 Å². The molecule has 3 rings (SSSR count). The summed E-state index contributed by atoms with van der Waals surface area (Å²) in [5, 5.41) is 12.6. The monoisotopic (exact) mass is 263 g/mol. The van der Waals surface area contributed by atoms with Crippen LogP contribution in [-0.4, -0.2) is 30.1 Å². The van der Waals surface area contributed by atoms with Gasteiger partial charge in [0.15, 0.2) is 17.3 Å². The fourth-order valence-electron chi connectivity index (χ4n) is 1.86. The van der Waals surface area contributed by atoms with Gasteiger partial charge in [0.25, 0.3) is 0 Å². The Labute approximate surface area is 107 Å². The Bertz CT molecular complexity index is 648. The lowest BCUT2D eigenvalue weighted by Gasteiger charge is -2.07. The van der Waals surface area contributed by atoms with Crippen LogP contribution >= 0.6 is 0 Å². The van der Waals surface area contributed by atoms with Crippen LogP contribution in [0.1, 0.15) is 10.4 Å². The lowest BCUT2D eigenvalue weighted by Crippen LogP contribution is -1.97. The Hall–Kier alpha value is -2.70. The minimum Gasteiger partial charge on any atom is -0.496 e. The fraction of sp³-hybridized carbons (Fsp3) is 0.167. The quantitative estimate of drug-likeness (QED) is 0.902. The number of benzene rings is 1. The van der Waals surface area contributed by atoms with Crippen LogP contribution in [0.15, 0.2) is 22.9 Å². The number of ether oxygens (including phenoxy) is 3. The van der Waals surface area contributed by atoms with Gasteiger partial charge in [-0.05, 0) is 6.07 Å². The molecular weight excluding hydrogens is 254 g/mol. The summed E-state index contributed by atoms with van der Waals surface area (Å²) in [6.07, 6.45) is 1.14. The standard InChI is InChI=1S/C12H9NO6/c1-16-8-3-10-9(17-5-18-10)2-6(8)11-7(12(14)15)4-13-19-11/h2-4H,5H2,1H3,(H,14,15). The molecule has 98 valence electrons. The predicted molar refractivity (Wildman–Crippen MR) is 61.6 cm³/mol. The summed E-state index contributed by atoms with van der Waals surface area (Å²) in [7, 11) is 1.47. The molecule has 1 aliphatic rings. The molecule has 0 fully saturated rings. The average Bonchev–Trinajstić information content (AvgIpc) is 3.05. The first kappa shape index (κ1) is 11.4. The van der Waals surface area contributed by atoms with Gasteiger partial charge in [0.05, 0.1) is 18.9 Å². The summed E-state index contributed by atoms with van der Waals surface area (Å²) in [5.74, 6) is 0.447. The molecule has 0 aliphatic carbocycles. The van der Waals surface area contributed by atoms with E-state index in [4.69, 9.17) is 23.8 Å². The molecule has 19 heavy (non-hydrogen) atoms. The molecule has 0 saturated heterocycles. The minimum absolute atomic E-state index is 0.0443. The molecule has 1 N–H and O–H groups in total. The lowest BCUT2D eigenvalue weighted by molar-refractivity contribution is 0.0697. The zero-order valence-electron chi connectivity index (χ0n) is 9.87. The van der Waals surface area contributed by atoms with E-state index >= 15 is 0 Å². The maximum absolute atomic E-state index is 11.1. The number of rotatable bonds is 3. The highest BCUT2D eigenvalue weighted by Crippen LogP contribution is 2.43. The first-order chi connectivity index (χ1) is 9.20. The van der Waals surface area contributed by atoms with Crippen molar-refractivity contribution < 1.29 is 28.6 Å². The molecule has 0 bridgehead atoms. The second-order valence-corrected chi connectivity index (χ2v) is 3.78. The molecule has 0 saturated carbocycles. The van der Waals surface area contributed by atoms with Gasteiger partial charge in [-0.2, -0.15) is 0 Å². The molecule has 0 unspecified atom stereocenters. The van der Waals surface area contributed by atoms with Crippen LogP contribution in [-0.2, 0) is 0 Å². The number of fused-ring (bicyclic) bond motifs is 1. The summed E-state index contributed by atoms with van der Waals surface area (Å²) >= 11 is 0.